The maximum atomic E-state index is 13.0. The van der Waals surface area contributed by atoms with Gasteiger partial charge in [-0.2, -0.15) is 0 Å². The Bertz CT molecular complexity index is 1380. The second-order valence-electron chi connectivity index (χ2n) is 9.02. The summed E-state index contributed by atoms with van der Waals surface area (Å²) < 4.78 is 45.9. The second kappa shape index (κ2) is 10.2. The highest BCUT2D eigenvalue weighted by Gasteiger charge is 2.29. The molecule has 1 aliphatic heterocycles. The van der Waals surface area contributed by atoms with Crippen LogP contribution in [0.4, 0.5) is 4.39 Å². The molecule has 1 saturated heterocycles. The van der Waals surface area contributed by atoms with E-state index in [9.17, 15) is 12.8 Å². The van der Waals surface area contributed by atoms with E-state index in [2.05, 4.69) is 41.5 Å². The first-order valence-electron chi connectivity index (χ1n) is 12.0. The molecule has 1 aliphatic rings. The Morgan fingerprint density at radius 3 is 2.43 bits per heavy atom. The Labute approximate surface area is 205 Å². The van der Waals surface area contributed by atoms with Crippen LogP contribution in [0.5, 0.6) is 5.75 Å². The summed E-state index contributed by atoms with van der Waals surface area (Å²) in [5.74, 6) is 0.584. The molecule has 3 aromatic carbocycles. The zero-order valence-electron chi connectivity index (χ0n) is 19.5. The zero-order valence-corrected chi connectivity index (χ0v) is 20.3. The SMILES string of the molecule is O=S(=O)(CCCOc1ccc(F)cc1)N1CCC(c2c[nH]c3ccc(-c4ccccc4)cc23)CC1. The lowest BCUT2D eigenvalue weighted by Crippen LogP contribution is -2.39. The molecule has 0 radical (unpaired) electrons. The molecule has 0 saturated carbocycles. The van der Waals surface area contributed by atoms with Crippen LogP contribution in [-0.4, -0.2) is 43.2 Å². The highest BCUT2D eigenvalue weighted by Crippen LogP contribution is 2.35. The molecule has 7 heteroatoms. The van der Waals surface area contributed by atoms with Gasteiger partial charge < -0.3 is 9.72 Å². The lowest BCUT2D eigenvalue weighted by molar-refractivity contribution is 0.306. The average molecular weight is 493 g/mol. The van der Waals surface area contributed by atoms with Crippen LogP contribution < -0.4 is 4.74 Å². The van der Waals surface area contributed by atoms with Crippen LogP contribution in [0.3, 0.4) is 0 Å². The minimum Gasteiger partial charge on any atom is -0.494 e. The van der Waals surface area contributed by atoms with E-state index in [1.165, 1.54) is 34.2 Å². The van der Waals surface area contributed by atoms with Crippen molar-refractivity contribution in [2.24, 2.45) is 0 Å². The van der Waals surface area contributed by atoms with Gasteiger partial charge in [-0.3, -0.25) is 0 Å². The molecule has 2 heterocycles. The van der Waals surface area contributed by atoms with E-state index in [0.29, 0.717) is 31.2 Å². The minimum atomic E-state index is -3.34. The number of benzene rings is 3. The molecule has 0 atom stereocenters. The molecule has 5 rings (SSSR count). The molecule has 0 unspecified atom stereocenters. The molecule has 182 valence electrons. The lowest BCUT2D eigenvalue weighted by Gasteiger charge is -2.31. The third-order valence-electron chi connectivity index (χ3n) is 6.74. The lowest BCUT2D eigenvalue weighted by atomic mass is 9.89. The summed E-state index contributed by atoms with van der Waals surface area (Å²) in [6.07, 6.45) is 4.08. The van der Waals surface area contributed by atoms with E-state index < -0.39 is 10.0 Å². The number of halogens is 1. The predicted octanol–water partition coefficient (Wildman–Crippen LogP) is 5.95. The van der Waals surface area contributed by atoms with Crippen molar-refractivity contribution in [1.29, 1.82) is 0 Å². The van der Waals surface area contributed by atoms with Crippen molar-refractivity contribution in [2.45, 2.75) is 25.2 Å². The summed E-state index contributed by atoms with van der Waals surface area (Å²) in [5, 5.41) is 1.21. The molecule has 0 aliphatic carbocycles. The highest BCUT2D eigenvalue weighted by molar-refractivity contribution is 7.89. The van der Waals surface area contributed by atoms with Crippen molar-refractivity contribution < 1.29 is 17.5 Å². The second-order valence-corrected chi connectivity index (χ2v) is 11.1. The van der Waals surface area contributed by atoms with Crippen LogP contribution in [0.1, 0.15) is 30.7 Å². The molecular formula is C28H29FN2O3S. The Kier molecular flexibility index (Phi) is 6.88. The summed E-state index contributed by atoms with van der Waals surface area (Å²) in [4.78, 5) is 3.39. The van der Waals surface area contributed by atoms with Gasteiger partial charge in [-0.1, -0.05) is 36.4 Å². The zero-order chi connectivity index (χ0) is 24.3. The number of nitrogens with one attached hydrogen (secondary N) is 1. The molecule has 0 amide bonds. The molecule has 1 N–H and O–H groups in total. The van der Waals surface area contributed by atoms with Gasteiger partial charge in [-0.05, 0) is 78.3 Å². The number of hydrogen-bond acceptors (Lipinski definition) is 3. The van der Waals surface area contributed by atoms with Gasteiger partial charge in [0.25, 0.3) is 0 Å². The predicted molar refractivity (Wildman–Crippen MR) is 138 cm³/mol. The first-order valence-corrected chi connectivity index (χ1v) is 13.6. The molecule has 35 heavy (non-hydrogen) atoms. The number of rotatable bonds is 8. The summed E-state index contributed by atoms with van der Waals surface area (Å²) in [5.41, 5.74) is 4.74. The molecule has 0 spiro atoms. The number of ether oxygens (including phenoxy) is 1. The molecule has 1 aromatic heterocycles. The fourth-order valence-electron chi connectivity index (χ4n) is 4.83. The summed E-state index contributed by atoms with van der Waals surface area (Å²) >= 11 is 0. The fraction of sp³-hybridized carbons (Fsp3) is 0.286. The normalized spacial score (nSPS) is 15.5. The van der Waals surface area contributed by atoms with Gasteiger partial charge in [0.15, 0.2) is 0 Å². The molecule has 4 aromatic rings. The van der Waals surface area contributed by atoms with Crippen LogP contribution in [0.2, 0.25) is 0 Å². The fourth-order valence-corrected chi connectivity index (χ4v) is 6.33. The third-order valence-corrected chi connectivity index (χ3v) is 8.69. The monoisotopic (exact) mass is 492 g/mol. The van der Waals surface area contributed by atoms with Crippen molar-refractivity contribution in [3.8, 4) is 16.9 Å². The smallest absolute Gasteiger partial charge is 0.214 e. The van der Waals surface area contributed by atoms with E-state index in [1.807, 2.05) is 18.2 Å². The van der Waals surface area contributed by atoms with E-state index in [0.717, 1.165) is 18.4 Å². The van der Waals surface area contributed by atoms with Crippen molar-refractivity contribution in [3.63, 3.8) is 0 Å². The van der Waals surface area contributed by atoms with Gasteiger partial charge in [0.1, 0.15) is 11.6 Å². The van der Waals surface area contributed by atoms with Crippen molar-refractivity contribution >= 4 is 20.9 Å². The molecule has 5 nitrogen and oxygen atoms in total. The van der Waals surface area contributed by atoms with Gasteiger partial charge in [0.05, 0.1) is 12.4 Å². The number of fused-ring (bicyclic) bond motifs is 1. The topological polar surface area (TPSA) is 62.4 Å². The van der Waals surface area contributed by atoms with Crippen molar-refractivity contribution in [3.05, 3.63) is 90.4 Å². The Morgan fingerprint density at radius 2 is 1.69 bits per heavy atom. The summed E-state index contributed by atoms with van der Waals surface area (Å²) in [6, 6.07) is 22.6. The highest BCUT2D eigenvalue weighted by atomic mass is 32.2. The van der Waals surface area contributed by atoms with Crippen LogP contribution in [0.15, 0.2) is 79.0 Å². The van der Waals surface area contributed by atoms with Crippen molar-refractivity contribution in [1.82, 2.24) is 9.29 Å². The van der Waals surface area contributed by atoms with Crippen LogP contribution in [-0.2, 0) is 10.0 Å². The summed E-state index contributed by atoms with van der Waals surface area (Å²) in [6.45, 7) is 1.33. The van der Waals surface area contributed by atoms with Crippen LogP contribution >= 0.6 is 0 Å². The first-order chi connectivity index (χ1) is 17.0. The molecule has 1 fully saturated rings. The maximum absolute atomic E-state index is 13.0. The van der Waals surface area contributed by atoms with E-state index in [4.69, 9.17) is 4.74 Å². The van der Waals surface area contributed by atoms with Gasteiger partial charge in [-0.25, -0.2) is 17.1 Å². The van der Waals surface area contributed by atoms with E-state index in [1.54, 1.807) is 16.4 Å². The number of H-pyrrole nitrogens is 1. The van der Waals surface area contributed by atoms with Gasteiger partial charge in [0.2, 0.25) is 10.0 Å². The van der Waals surface area contributed by atoms with E-state index in [-0.39, 0.29) is 18.2 Å². The number of hydrogen-bond donors (Lipinski definition) is 1. The van der Waals surface area contributed by atoms with Gasteiger partial charge in [0, 0.05) is 30.2 Å². The van der Waals surface area contributed by atoms with Crippen LogP contribution in [0, 0.1) is 5.82 Å². The summed E-state index contributed by atoms with van der Waals surface area (Å²) in [7, 11) is -3.34. The number of piperidine rings is 1. The van der Waals surface area contributed by atoms with E-state index >= 15 is 0 Å². The third kappa shape index (κ3) is 5.41. The largest absolute Gasteiger partial charge is 0.494 e. The first kappa shape index (κ1) is 23.6. The number of nitrogens with zero attached hydrogens (tertiary/aromatic N) is 1. The van der Waals surface area contributed by atoms with Crippen LogP contribution in [0.25, 0.3) is 22.0 Å². The quantitative estimate of drug-likeness (QED) is 0.309. The standard InChI is InChI=1S/C28H29FN2O3S/c29-24-8-10-25(11-9-24)34-17-4-18-35(32,33)31-15-13-22(14-16-31)27-20-30-28-12-7-23(19-26(27)28)21-5-2-1-3-6-21/h1-3,5-12,19-20,22,30H,4,13-18H2. The molecular weight excluding hydrogens is 463 g/mol. The van der Waals surface area contributed by atoms with Gasteiger partial charge >= 0.3 is 0 Å². The van der Waals surface area contributed by atoms with Crippen molar-refractivity contribution in [2.75, 3.05) is 25.4 Å². The maximum Gasteiger partial charge on any atom is 0.214 e. The number of sulfonamides is 1. The Hall–Kier alpha value is -3.16. The Morgan fingerprint density at radius 1 is 0.943 bits per heavy atom. The number of aromatic amines is 1. The average Bonchev–Trinajstić information content (AvgIpc) is 3.32. The minimum absolute atomic E-state index is 0.0480. The molecule has 0 bridgehead atoms. The number of aromatic nitrogens is 1. The van der Waals surface area contributed by atoms with Gasteiger partial charge in [-0.15, -0.1) is 0 Å². The Balaban J connectivity index is 1.18.